The summed E-state index contributed by atoms with van der Waals surface area (Å²) < 4.78 is 31.7. The average Bonchev–Trinajstić information content (AvgIpc) is 3.41. The normalized spacial score (nSPS) is 11.5. The van der Waals surface area contributed by atoms with Crippen molar-refractivity contribution in [2.24, 2.45) is 7.05 Å². The molecule has 3 aromatic carbocycles. The predicted octanol–water partition coefficient (Wildman–Crippen LogP) is 5.22. The number of anilines is 2. The third kappa shape index (κ3) is 4.25. The first-order valence-electron chi connectivity index (χ1n) is 11.2. The van der Waals surface area contributed by atoms with Crippen LogP contribution in [-0.2, 0) is 20.0 Å². The molecule has 0 aliphatic heterocycles. The Bertz CT molecular complexity index is 1470. The van der Waals surface area contributed by atoms with E-state index in [1.165, 1.54) is 17.0 Å². The Morgan fingerprint density at radius 1 is 1.03 bits per heavy atom. The molecule has 0 atom stereocenters. The van der Waals surface area contributed by atoms with E-state index in [1.54, 1.807) is 23.0 Å². The Morgan fingerprint density at radius 3 is 2.74 bits per heavy atom. The number of hydrazine groups is 1. The quantitative estimate of drug-likeness (QED) is 0.189. The molecule has 2 heterocycles. The summed E-state index contributed by atoms with van der Waals surface area (Å²) in [7, 11) is 1.82. The van der Waals surface area contributed by atoms with Crippen LogP contribution < -0.4 is 16.2 Å². The van der Waals surface area contributed by atoms with Gasteiger partial charge in [-0.15, -0.1) is 0 Å². The van der Waals surface area contributed by atoms with Crippen molar-refractivity contribution in [3.63, 3.8) is 0 Å². The molecular formula is C26H26F2N6. The van der Waals surface area contributed by atoms with Crippen LogP contribution in [0.4, 0.5) is 20.2 Å². The summed E-state index contributed by atoms with van der Waals surface area (Å²) in [5.41, 5.74) is 11.5. The Balaban J connectivity index is 1.33. The van der Waals surface area contributed by atoms with Crippen LogP contribution in [0.5, 0.6) is 0 Å². The number of aromatic nitrogens is 3. The van der Waals surface area contributed by atoms with Gasteiger partial charge in [0.25, 0.3) is 0 Å². The van der Waals surface area contributed by atoms with E-state index in [0.717, 1.165) is 17.5 Å². The van der Waals surface area contributed by atoms with Crippen LogP contribution in [0.3, 0.4) is 0 Å². The fraction of sp³-hybridized carbons (Fsp3) is 0.192. The number of aryl methyl sites for hydroxylation is 2. The van der Waals surface area contributed by atoms with Crippen LogP contribution in [0.2, 0.25) is 0 Å². The zero-order chi connectivity index (χ0) is 23.7. The minimum atomic E-state index is -0.506. The van der Waals surface area contributed by atoms with Crippen LogP contribution in [0, 0.1) is 18.6 Å². The number of H-pyrrole nitrogens is 1. The topological polar surface area (TPSA) is 69.7 Å². The molecule has 174 valence electrons. The van der Waals surface area contributed by atoms with Crippen LogP contribution in [-0.4, -0.2) is 21.1 Å². The molecule has 0 aliphatic rings. The molecule has 0 saturated carbocycles. The molecule has 34 heavy (non-hydrogen) atoms. The van der Waals surface area contributed by atoms with Crippen molar-refractivity contribution < 1.29 is 8.78 Å². The molecule has 8 heteroatoms. The molecule has 0 spiro atoms. The maximum Gasteiger partial charge on any atom is 0.174 e. The Morgan fingerprint density at radius 2 is 1.88 bits per heavy atom. The summed E-state index contributed by atoms with van der Waals surface area (Å²) in [5.74, 6) is -0.940. The van der Waals surface area contributed by atoms with Gasteiger partial charge in [-0.25, -0.2) is 13.8 Å². The lowest BCUT2D eigenvalue weighted by Gasteiger charge is -2.16. The SMILES string of the molecule is Cc1ccc(Nc2c(CNNCCc3c[nH]c4ccccc34)cc3c(ncn3C)c2F)c(F)c1. The van der Waals surface area contributed by atoms with Crippen molar-refractivity contribution in [1.82, 2.24) is 25.4 Å². The number of hydrogen-bond acceptors (Lipinski definition) is 4. The van der Waals surface area contributed by atoms with Gasteiger partial charge in [-0.05, 0) is 54.3 Å². The lowest BCUT2D eigenvalue weighted by atomic mass is 10.1. The largest absolute Gasteiger partial charge is 0.361 e. The number of rotatable bonds is 8. The lowest BCUT2D eigenvalue weighted by Crippen LogP contribution is -2.33. The maximum absolute atomic E-state index is 15.4. The number of fused-ring (bicyclic) bond motifs is 2. The summed E-state index contributed by atoms with van der Waals surface area (Å²) >= 11 is 0. The molecule has 0 amide bonds. The van der Waals surface area contributed by atoms with E-state index >= 15 is 4.39 Å². The van der Waals surface area contributed by atoms with Crippen LogP contribution in [0.1, 0.15) is 16.7 Å². The molecule has 0 radical (unpaired) electrons. The number of para-hydroxylation sites is 1. The van der Waals surface area contributed by atoms with E-state index < -0.39 is 11.6 Å². The van der Waals surface area contributed by atoms with Crippen LogP contribution in [0.15, 0.2) is 61.1 Å². The molecule has 5 aromatic rings. The van der Waals surface area contributed by atoms with Gasteiger partial charge in [0, 0.05) is 37.2 Å². The van der Waals surface area contributed by atoms with Gasteiger partial charge in [0.1, 0.15) is 11.3 Å². The van der Waals surface area contributed by atoms with Gasteiger partial charge < -0.3 is 14.9 Å². The zero-order valence-electron chi connectivity index (χ0n) is 19.0. The number of hydrogen-bond donors (Lipinski definition) is 4. The molecule has 6 nitrogen and oxygen atoms in total. The van der Waals surface area contributed by atoms with Crippen LogP contribution >= 0.6 is 0 Å². The van der Waals surface area contributed by atoms with Crippen molar-refractivity contribution in [1.29, 1.82) is 0 Å². The monoisotopic (exact) mass is 460 g/mol. The van der Waals surface area contributed by atoms with E-state index in [4.69, 9.17) is 0 Å². The van der Waals surface area contributed by atoms with Gasteiger partial charge in [0.15, 0.2) is 5.82 Å². The third-order valence-corrected chi connectivity index (χ3v) is 6.02. The fourth-order valence-corrected chi connectivity index (χ4v) is 4.19. The maximum atomic E-state index is 15.4. The molecule has 2 aromatic heterocycles. The highest BCUT2D eigenvalue weighted by molar-refractivity contribution is 5.84. The molecule has 0 unspecified atom stereocenters. The predicted molar refractivity (Wildman–Crippen MR) is 132 cm³/mol. The molecule has 4 N–H and O–H groups in total. The third-order valence-electron chi connectivity index (χ3n) is 6.02. The summed E-state index contributed by atoms with van der Waals surface area (Å²) in [4.78, 5) is 7.46. The van der Waals surface area contributed by atoms with Gasteiger partial charge in [-0.3, -0.25) is 10.9 Å². The molecule has 0 fully saturated rings. The first-order chi connectivity index (χ1) is 16.5. The van der Waals surface area contributed by atoms with Crippen molar-refractivity contribution >= 4 is 33.3 Å². The summed E-state index contributed by atoms with van der Waals surface area (Å²) in [6.45, 7) is 2.83. The molecule has 0 bridgehead atoms. The van der Waals surface area contributed by atoms with E-state index in [9.17, 15) is 4.39 Å². The van der Waals surface area contributed by atoms with Gasteiger partial charge in [0.2, 0.25) is 0 Å². The van der Waals surface area contributed by atoms with Gasteiger partial charge in [0.05, 0.1) is 23.2 Å². The number of benzene rings is 3. The number of halogens is 2. The summed E-state index contributed by atoms with van der Waals surface area (Å²) in [5, 5.41) is 4.16. The number of nitrogens with zero attached hydrogens (tertiary/aromatic N) is 2. The Labute approximate surface area is 196 Å². The molecule has 0 saturated heterocycles. The molecular weight excluding hydrogens is 434 g/mol. The zero-order valence-corrected chi connectivity index (χ0v) is 19.0. The number of imidazole rings is 1. The van der Waals surface area contributed by atoms with Crippen LogP contribution in [0.25, 0.3) is 21.9 Å². The van der Waals surface area contributed by atoms with E-state index in [-0.39, 0.29) is 16.9 Å². The van der Waals surface area contributed by atoms with Gasteiger partial charge in [-0.2, -0.15) is 0 Å². The Kier molecular flexibility index (Phi) is 6.00. The minimum Gasteiger partial charge on any atom is -0.361 e. The van der Waals surface area contributed by atoms with Crippen molar-refractivity contribution in [3.8, 4) is 0 Å². The van der Waals surface area contributed by atoms with E-state index in [1.807, 2.05) is 38.4 Å². The minimum absolute atomic E-state index is 0.208. The lowest BCUT2D eigenvalue weighted by molar-refractivity contribution is 0.533. The standard InChI is InChI=1S/C26H26F2N6/c1-16-7-8-22(20(27)11-16)33-25-18(12-23-26(24(25)28)30-15-34(23)2)14-32-31-10-9-17-13-29-21-6-4-3-5-19(17)21/h3-8,11-13,15,29,31-33H,9-10,14H2,1-2H3. The second-order valence-corrected chi connectivity index (χ2v) is 8.45. The highest BCUT2D eigenvalue weighted by atomic mass is 19.1. The highest BCUT2D eigenvalue weighted by Gasteiger charge is 2.18. The second-order valence-electron chi connectivity index (χ2n) is 8.45. The van der Waals surface area contributed by atoms with Crippen molar-refractivity contribution in [2.45, 2.75) is 19.9 Å². The first-order valence-corrected chi connectivity index (χ1v) is 11.2. The number of aromatic amines is 1. The molecule has 5 rings (SSSR count). The van der Waals surface area contributed by atoms with E-state index in [0.29, 0.717) is 24.2 Å². The van der Waals surface area contributed by atoms with Gasteiger partial charge >= 0.3 is 0 Å². The fourth-order valence-electron chi connectivity index (χ4n) is 4.19. The average molecular weight is 461 g/mol. The van der Waals surface area contributed by atoms with E-state index in [2.05, 4.69) is 38.3 Å². The second kappa shape index (κ2) is 9.24. The smallest absolute Gasteiger partial charge is 0.174 e. The summed E-state index contributed by atoms with van der Waals surface area (Å²) in [6, 6.07) is 14.9. The summed E-state index contributed by atoms with van der Waals surface area (Å²) in [6.07, 6.45) is 4.42. The molecule has 0 aliphatic carbocycles. The highest BCUT2D eigenvalue weighted by Crippen LogP contribution is 2.31. The first kappa shape index (κ1) is 22.1. The Hall–Kier alpha value is -3.75. The van der Waals surface area contributed by atoms with Crippen molar-refractivity contribution in [2.75, 3.05) is 11.9 Å². The van der Waals surface area contributed by atoms with Crippen molar-refractivity contribution in [3.05, 3.63) is 89.4 Å². The van der Waals surface area contributed by atoms with Gasteiger partial charge in [-0.1, -0.05) is 24.3 Å². The number of nitrogens with one attached hydrogen (secondary N) is 4.